The number of nitrogens with zero attached hydrogens (tertiary/aromatic N) is 2. The lowest BCUT2D eigenvalue weighted by atomic mass is 10.1. The molecule has 3 nitrogen and oxygen atoms in total. The smallest absolute Gasteiger partial charge is 0.129 e. The second-order valence-corrected chi connectivity index (χ2v) is 4.75. The second kappa shape index (κ2) is 4.64. The molecule has 0 aliphatic carbocycles. The minimum atomic E-state index is 0.815. The van der Waals surface area contributed by atoms with Gasteiger partial charge in [-0.2, -0.15) is 11.8 Å². The third-order valence-electron chi connectivity index (χ3n) is 2.37. The van der Waals surface area contributed by atoms with Crippen molar-refractivity contribution < 1.29 is 0 Å². The number of hydrogen-bond acceptors (Lipinski definition) is 4. The van der Waals surface area contributed by atoms with Crippen LogP contribution in [-0.4, -0.2) is 28.0 Å². The first-order valence-corrected chi connectivity index (χ1v) is 6.11. The third kappa shape index (κ3) is 2.61. The van der Waals surface area contributed by atoms with Crippen LogP contribution in [0.15, 0.2) is 12.3 Å². The fourth-order valence-corrected chi connectivity index (χ4v) is 2.83. The lowest BCUT2D eigenvalue weighted by molar-refractivity contribution is 0.630. The van der Waals surface area contributed by atoms with Gasteiger partial charge in [0.15, 0.2) is 0 Å². The highest BCUT2D eigenvalue weighted by atomic mass is 32.2. The van der Waals surface area contributed by atoms with E-state index in [1.54, 1.807) is 6.20 Å². The Labute approximate surface area is 88.7 Å². The van der Waals surface area contributed by atoms with Crippen LogP contribution in [-0.2, 0) is 0 Å². The van der Waals surface area contributed by atoms with Crippen LogP contribution < -0.4 is 5.32 Å². The monoisotopic (exact) mass is 209 g/mol. The standard InChI is InChI=1S/C10H15N3S/c1-8-11-4-2-10(13-8)12-6-9-3-5-14-7-9/h2,4,9H,3,5-7H2,1H3,(H,11,12,13). The number of aryl methyl sites for hydroxylation is 1. The van der Waals surface area contributed by atoms with Crippen LogP contribution in [0.4, 0.5) is 5.82 Å². The topological polar surface area (TPSA) is 37.8 Å². The molecule has 0 bridgehead atoms. The molecule has 1 aliphatic rings. The van der Waals surface area contributed by atoms with Crippen molar-refractivity contribution in [2.45, 2.75) is 13.3 Å². The Bertz CT molecular complexity index is 297. The number of hydrogen-bond donors (Lipinski definition) is 1. The van der Waals surface area contributed by atoms with Crippen molar-refractivity contribution in [2.24, 2.45) is 5.92 Å². The molecule has 1 aromatic heterocycles. The molecule has 1 saturated heterocycles. The van der Waals surface area contributed by atoms with E-state index >= 15 is 0 Å². The molecule has 1 atom stereocenters. The van der Waals surface area contributed by atoms with Crippen LogP contribution in [0, 0.1) is 12.8 Å². The fraction of sp³-hybridized carbons (Fsp3) is 0.600. The number of aromatic nitrogens is 2. The molecule has 0 radical (unpaired) electrons. The molecule has 76 valence electrons. The van der Waals surface area contributed by atoms with E-state index in [4.69, 9.17) is 0 Å². The summed E-state index contributed by atoms with van der Waals surface area (Å²) >= 11 is 2.05. The maximum Gasteiger partial charge on any atom is 0.129 e. The van der Waals surface area contributed by atoms with E-state index in [2.05, 4.69) is 15.3 Å². The quantitative estimate of drug-likeness (QED) is 0.825. The van der Waals surface area contributed by atoms with Gasteiger partial charge in [0.05, 0.1) is 0 Å². The van der Waals surface area contributed by atoms with Gasteiger partial charge in [0.25, 0.3) is 0 Å². The molecule has 14 heavy (non-hydrogen) atoms. The Morgan fingerprint density at radius 3 is 3.29 bits per heavy atom. The van der Waals surface area contributed by atoms with Crippen LogP contribution in [0.3, 0.4) is 0 Å². The summed E-state index contributed by atoms with van der Waals surface area (Å²) in [5, 5.41) is 3.36. The first-order valence-electron chi connectivity index (χ1n) is 4.96. The minimum Gasteiger partial charge on any atom is -0.370 e. The van der Waals surface area contributed by atoms with E-state index in [-0.39, 0.29) is 0 Å². The van der Waals surface area contributed by atoms with Gasteiger partial charge in [-0.05, 0) is 36.8 Å². The molecule has 0 saturated carbocycles. The van der Waals surface area contributed by atoms with Crippen molar-refractivity contribution in [1.29, 1.82) is 0 Å². The molecule has 1 aromatic rings. The van der Waals surface area contributed by atoms with Gasteiger partial charge in [0, 0.05) is 12.7 Å². The van der Waals surface area contributed by atoms with Gasteiger partial charge in [0.2, 0.25) is 0 Å². The first kappa shape index (κ1) is 9.77. The van der Waals surface area contributed by atoms with E-state index < -0.39 is 0 Å². The number of anilines is 1. The van der Waals surface area contributed by atoms with Gasteiger partial charge in [0.1, 0.15) is 11.6 Å². The zero-order chi connectivity index (χ0) is 9.80. The van der Waals surface area contributed by atoms with Crippen molar-refractivity contribution in [2.75, 3.05) is 23.4 Å². The predicted molar refractivity (Wildman–Crippen MR) is 60.7 cm³/mol. The summed E-state index contributed by atoms with van der Waals surface area (Å²) in [6.45, 7) is 2.96. The molecule has 1 unspecified atom stereocenters. The molecular weight excluding hydrogens is 194 g/mol. The van der Waals surface area contributed by atoms with E-state index in [0.717, 1.165) is 24.1 Å². The summed E-state index contributed by atoms with van der Waals surface area (Å²) < 4.78 is 0. The van der Waals surface area contributed by atoms with Crippen molar-refractivity contribution in [3.05, 3.63) is 18.1 Å². The number of rotatable bonds is 3. The summed E-state index contributed by atoms with van der Waals surface area (Å²) in [6.07, 6.45) is 3.13. The summed E-state index contributed by atoms with van der Waals surface area (Å²) in [7, 11) is 0. The van der Waals surface area contributed by atoms with E-state index in [0.29, 0.717) is 0 Å². The normalized spacial score (nSPS) is 21.1. The van der Waals surface area contributed by atoms with Crippen LogP contribution >= 0.6 is 11.8 Å². The predicted octanol–water partition coefficient (Wildman–Crippen LogP) is 1.95. The Morgan fingerprint density at radius 1 is 1.64 bits per heavy atom. The molecule has 1 N–H and O–H groups in total. The lowest BCUT2D eigenvalue weighted by Crippen LogP contribution is -2.14. The minimum absolute atomic E-state index is 0.815. The zero-order valence-electron chi connectivity index (χ0n) is 8.36. The molecule has 1 fully saturated rings. The number of nitrogens with one attached hydrogen (secondary N) is 1. The Morgan fingerprint density at radius 2 is 2.57 bits per heavy atom. The summed E-state index contributed by atoms with van der Waals surface area (Å²) in [4.78, 5) is 8.37. The van der Waals surface area contributed by atoms with E-state index in [1.165, 1.54) is 17.9 Å². The van der Waals surface area contributed by atoms with Crippen molar-refractivity contribution >= 4 is 17.6 Å². The van der Waals surface area contributed by atoms with Crippen LogP contribution in [0.2, 0.25) is 0 Å². The average molecular weight is 209 g/mol. The van der Waals surface area contributed by atoms with Crippen LogP contribution in [0.5, 0.6) is 0 Å². The molecule has 0 aromatic carbocycles. The van der Waals surface area contributed by atoms with E-state index in [1.807, 2.05) is 24.8 Å². The maximum atomic E-state index is 4.31. The van der Waals surface area contributed by atoms with E-state index in [9.17, 15) is 0 Å². The van der Waals surface area contributed by atoms with Gasteiger partial charge >= 0.3 is 0 Å². The third-order valence-corrected chi connectivity index (χ3v) is 3.60. The van der Waals surface area contributed by atoms with Crippen molar-refractivity contribution in [3.8, 4) is 0 Å². The zero-order valence-corrected chi connectivity index (χ0v) is 9.18. The Kier molecular flexibility index (Phi) is 3.24. The summed E-state index contributed by atoms with van der Waals surface area (Å²) in [5.74, 6) is 5.20. The van der Waals surface area contributed by atoms with Gasteiger partial charge in [-0.15, -0.1) is 0 Å². The first-order chi connectivity index (χ1) is 6.84. The summed E-state index contributed by atoms with van der Waals surface area (Å²) in [6, 6.07) is 1.93. The Hall–Kier alpha value is -0.770. The highest BCUT2D eigenvalue weighted by molar-refractivity contribution is 7.99. The second-order valence-electron chi connectivity index (χ2n) is 3.60. The molecule has 2 rings (SSSR count). The fourth-order valence-electron chi connectivity index (χ4n) is 1.55. The highest BCUT2D eigenvalue weighted by Gasteiger charge is 2.14. The van der Waals surface area contributed by atoms with Gasteiger partial charge in [-0.25, -0.2) is 9.97 Å². The highest BCUT2D eigenvalue weighted by Crippen LogP contribution is 2.23. The molecule has 4 heteroatoms. The SMILES string of the molecule is Cc1nccc(NCC2CCSC2)n1. The van der Waals surface area contributed by atoms with Crippen LogP contribution in [0.25, 0.3) is 0 Å². The number of thioether (sulfide) groups is 1. The molecule has 2 heterocycles. The average Bonchev–Trinajstić information content (AvgIpc) is 2.67. The summed E-state index contributed by atoms with van der Waals surface area (Å²) in [5.41, 5.74) is 0. The van der Waals surface area contributed by atoms with Crippen molar-refractivity contribution in [3.63, 3.8) is 0 Å². The van der Waals surface area contributed by atoms with Crippen LogP contribution in [0.1, 0.15) is 12.2 Å². The molecule has 1 aliphatic heterocycles. The molecule has 0 spiro atoms. The Balaban J connectivity index is 1.85. The van der Waals surface area contributed by atoms with Crippen molar-refractivity contribution in [1.82, 2.24) is 9.97 Å². The maximum absolute atomic E-state index is 4.31. The lowest BCUT2D eigenvalue weighted by Gasteiger charge is -2.10. The molecular formula is C10H15N3S. The largest absolute Gasteiger partial charge is 0.370 e. The van der Waals surface area contributed by atoms with Gasteiger partial charge in [-0.1, -0.05) is 0 Å². The molecule has 0 amide bonds. The van der Waals surface area contributed by atoms with Gasteiger partial charge < -0.3 is 5.32 Å². The van der Waals surface area contributed by atoms with Gasteiger partial charge in [-0.3, -0.25) is 0 Å².